The molecule has 0 aliphatic carbocycles. The van der Waals surface area contributed by atoms with Crippen molar-refractivity contribution in [2.75, 3.05) is 25.2 Å². The molecule has 0 radical (unpaired) electrons. The Hall–Kier alpha value is -1.13. The SMILES string of the molecule is COCCN(c1cccc(F)c1CN)C(C)C. The van der Waals surface area contributed by atoms with Crippen LogP contribution in [0.5, 0.6) is 0 Å². The standard InChI is InChI=1S/C13H21FN2O/c1-10(2)16(7-8-17-3)13-6-4-5-12(14)11(13)9-15/h4-6,10H,7-9,15H2,1-3H3. The molecule has 0 aliphatic rings. The Kier molecular flexibility index (Phi) is 5.38. The topological polar surface area (TPSA) is 38.5 Å². The van der Waals surface area contributed by atoms with Gasteiger partial charge in [0, 0.05) is 37.5 Å². The minimum absolute atomic E-state index is 0.207. The molecule has 0 fully saturated rings. The summed E-state index contributed by atoms with van der Waals surface area (Å²) in [5, 5.41) is 0. The molecule has 0 unspecified atom stereocenters. The van der Waals surface area contributed by atoms with E-state index >= 15 is 0 Å². The Morgan fingerprint density at radius 3 is 2.65 bits per heavy atom. The highest BCUT2D eigenvalue weighted by atomic mass is 19.1. The highest BCUT2D eigenvalue weighted by Gasteiger charge is 2.15. The zero-order valence-electron chi connectivity index (χ0n) is 10.7. The van der Waals surface area contributed by atoms with Gasteiger partial charge in [-0.2, -0.15) is 0 Å². The van der Waals surface area contributed by atoms with Crippen LogP contribution >= 0.6 is 0 Å². The van der Waals surface area contributed by atoms with Gasteiger partial charge in [0.05, 0.1) is 6.61 Å². The van der Waals surface area contributed by atoms with E-state index in [1.54, 1.807) is 13.2 Å². The lowest BCUT2D eigenvalue weighted by molar-refractivity contribution is 0.203. The second kappa shape index (κ2) is 6.57. The van der Waals surface area contributed by atoms with Gasteiger partial charge in [0.15, 0.2) is 0 Å². The third-order valence-electron chi connectivity index (χ3n) is 2.77. The molecular weight excluding hydrogens is 219 g/mol. The molecule has 2 N–H and O–H groups in total. The number of halogens is 1. The van der Waals surface area contributed by atoms with Gasteiger partial charge in [-0.15, -0.1) is 0 Å². The zero-order chi connectivity index (χ0) is 12.8. The van der Waals surface area contributed by atoms with Crippen LogP contribution in [0.15, 0.2) is 18.2 Å². The number of nitrogens with two attached hydrogens (primary N) is 1. The zero-order valence-corrected chi connectivity index (χ0v) is 10.7. The first-order valence-corrected chi connectivity index (χ1v) is 5.84. The van der Waals surface area contributed by atoms with Gasteiger partial charge >= 0.3 is 0 Å². The molecule has 0 spiro atoms. The van der Waals surface area contributed by atoms with E-state index in [9.17, 15) is 4.39 Å². The summed E-state index contributed by atoms with van der Waals surface area (Å²) < 4.78 is 18.7. The number of anilines is 1. The molecule has 0 saturated carbocycles. The fourth-order valence-corrected chi connectivity index (χ4v) is 1.86. The molecule has 0 aromatic heterocycles. The van der Waals surface area contributed by atoms with Crippen molar-refractivity contribution in [3.63, 3.8) is 0 Å². The van der Waals surface area contributed by atoms with Crippen LogP contribution in [0.3, 0.4) is 0 Å². The lowest BCUT2D eigenvalue weighted by atomic mass is 10.1. The first-order valence-electron chi connectivity index (χ1n) is 5.84. The molecule has 0 atom stereocenters. The summed E-state index contributed by atoms with van der Waals surface area (Å²) in [4.78, 5) is 2.11. The second-order valence-electron chi connectivity index (χ2n) is 4.22. The number of benzene rings is 1. The predicted octanol–water partition coefficient (Wildman–Crippen LogP) is 2.15. The molecule has 96 valence electrons. The Balaban J connectivity index is 3.04. The first-order chi connectivity index (χ1) is 8.11. The van der Waals surface area contributed by atoms with Gasteiger partial charge in [-0.05, 0) is 26.0 Å². The molecule has 0 bridgehead atoms. The highest BCUT2D eigenvalue weighted by Crippen LogP contribution is 2.24. The van der Waals surface area contributed by atoms with Gasteiger partial charge < -0.3 is 15.4 Å². The van der Waals surface area contributed by atoms with Gasteiger partial charge in [0.2, 0.25) is 0 Å². The van der Waals surface area contributed by atoms with Gasteiger partial charge in [-0.3, -0.25) is 0 Å². The monoisotopic (exact) mass is 240 g/mol. The smallest absolute Gasteiger partial charge is 0.129 e. The number of rotatable bonds is 6. The van der Waals surface area contributed by atoms with E-state index < -0.39 is 0 Å². The Morgan fingerprint density at radius 1 is 1.41 bits per heavy atom. The van der Waals surface area contributed by atoms with Crippen LogP contribution in [0, 0.1) is 5.82 Å². The van der Waals surface area contributed by atoms with Crippen LogP contribution in [-0.2, 0) is 11.3 Å². The van der Waals surface area contributed by atoms with Crippen molar-refractivity contribution in [3.8, 4) is 0 Å². The predicted molar refractivity (Wildman–Crippen MR) is 68.6 cm³/mol. The van der Waals surface area contributed by atoms with E-state index in [0.29, 0.717) is 12.2 Å². The van der Waals surface area contributed by atoms with E-state index in [1.807, 2.05) is 6.07 Å². The van der Waals surface area contributed by atoms with Gasteiger partial charge in [-0.1, -0.05) is 6.07 Å². The van der Waals surface area contributed by atoms with E-state index in [2.05, 4.69) is 18.7 Å². The second-order valence-corrected chi connectivity index (χ2v) is 4.22. The summed E-state index contributed by atoms with van der Waals surface area (Å²) in [6, 6.07) is 5.34. The normalized spacial score (nSPS) is 10.9. The van der Waals surface area contributed by atoms with E-state index in [4.69, 9.17) is 10.5 Å². The lowest BCUT2D eigenvalue weighted by Gasteiger charge is -2.30. The van der Waals surface area contributed by atoms with Crippen molar-refractivity contribution < 1.29 is 9.13 Å². The van der Waals surface area contributed by atoms with Crippen LogP contribution < -0.4 is 10.6 Å². The third-order valence-corrected chi connectivity index (χ3v) is 2.77. The molecule has 1 rings (SSSR count). The van der Waals surface area contributed by atoms with E-state index in [-0.39, 0.29) is 18.4 Å². The Bertz CT molecular complexity index is 355. The first kappa shape index (κ1) is 13.9. The maximum atomic E-state index is 13.7. The summed E-state index contributed by atoms with van der Waals surface area (Å²) in [5.41, 5.74) is 7.05. The average Bonchev–Trinajstić information content (AvgIpc) is 2.29. The highest BCUT2D eigenvalue weighted by molar-refractivity contribution is 5.54. The quantitative estimate of drug-likeness (QED) is 0.828. The number of hydrogen-bond acceptors (Lipinski definition) is 3. The fraction of sp³-hybridized carbons (Fsp3) is 0.538. The average molecular weight is 240 g/mol. The maximum absolute atomic E-state index is 13.7. The van der Waals surface area contributed by atoms with Crippen molar-refractivity contribution >= 4 is 5.69 Å². The number of ether oxygens (including phenoxy) is 1. The van der Waals surface area contributed by atoms with Crippen molar-refractivity contribution in [2.45, 2.75) is 26.4 Å². The Morgan fingerprint density at radius 2 is 2.12 bits per heavy atom. The number of methoxy groups -OCH3 is 1. The molecule has 0 heterocycles. The molecular formula is C13H21FN2O. The van der Waals surface area contributed by atoms with Crippen LogP contribution in [0.4, 0.5) is 10.1 Å². The van der Waals surface area contributed by atoms with Crippen LogP contribution in [0.1, 0.15) is 19.4 Å². The van der Waals surface area contributed by atoms with Gasteiger partial charge in [-0.25, -0.2) is 4.39 Å². The molecule has 3 nitrogen and oxygen atoms in total. The van der Waals surface area contributed by atoms with Gasteiger partial charge in [0.1, 0.15) is 5.82 Å². The molecule has 0 amide bonds. The van der Waals surface area contributed by atoms with Gasteiger partial charge in [0.25, 0.3) is 0 Å². The van der Waals surface area contributed by atoms with Crippen molar-refractivity contribution in [1.82, 2.24) is 0 Å². The Labute approximate surface area is 102 Å². The summed E-state index contributed by atoms with van der Waals surface area (Å²) in [5.74, 6) is -0.243. The fourth-order valence-electron chi connectivity index (χ4n) is 1.86. The summed E-state index contributed by atoms with van der Waals surface area (Å²) in [6.45, 7) is 5.68. The summed E-state index contributed by atoms with van der Waals surface area (Å²) in [7, 11) is 1.66. The minimum atomic E-state index is -0.243. The number of hydrogen-bond donors (Lipinski definition) is 1. The molecule has 0 saturated heterocycles. The van der Waals surface area contributed by atoms with Crippen molar-refractivity contribution in [3.05, 3.63) is 29.6 Å². The molecule has 1 aromatic rings. The van der Waals surface area contributed by atoms with Crippen LogP contribution in [-0.4, -0.2) is 26.3 Å². The van der Waals surface area contributed by atoms with Crippen LogP contribution in [0.2, 0.25) is 0 Å². The molecule has 4 heteroatoms. The minimum Gasteiger partial charge on any atom is -0.383 e. The summed E-state index contributed by atoms with van der Waals surface area (Å²) in [6.07, 6.45) is 0. The maximum Gasteiger partial charge on any atom is 0.129 e. The number of nitrogens with zero attached hydrogens (tertiary/aromatic N) is 1. The van der Waals surface area contributed by atoms with E-state index in [0.717, 1.165) is 12.2 Å². The molecule has 17 heavy (non-hydrogen) atoms. The lowest BCUT2D eigenvalue weighted by Crippen LogP contribution is -2.35. The molecule has 0 aliphatic heterocycles. The van der Waals surface area contributed by atoms with Crippen molar-refractivity contribution in [2.24, 2.45) is 5.73 Å². The molecule has 1 aromatic carbocycles. The summed E-state index contributed by atoms with van der Waals surface area (Å²) >= 11 is 0. The van der Waals surface area contributed by atoms with Crippen molar-refractivity contribution in [1.29, 1.82) is 0 Å². The van der Waals surface area contributed by atoms with E-state index in [1.165, 1.54) is 6.07 Å². The largest absolute Gasteiger partial charge is 0.383 e. The third kappa shape index (κ3) is 3.41. The van der Waals surface area contributed by atoms with Crippen LogP contribution in [0.25, 0.3) is 0 Å².